The molecule has 0 aromatic heterocycles. The number of aliphatic hydroxyl groups is 18. The average Bonchev–Trinajstić information content (AvgIpc) is 3.36. The van der Waals surface area contributed by atoms with Gasteiger partial charge in [-0.3, -0.25) is 9.59 Å². The lowest BCUT2D eigenvalue weighted by molar-refractivity contribution is -0.384. The van der Waals surface area contributed by atoms with Crippen molar-refractivity contribution in [2.75, 3.05) is 39.6 Å². The molecule has 6 rings (SSSR count). The van der Waals surface area contributed by atoms with Gasteiger partial charge < -0.3 is 155 Å². The van der Waals surface area contributed by atoms with E-state index in [0.29, 0.717) is 0 Å². The zero-order valence-electron chi connectivity index (χ0n) is 38.9. The predicted molar refractivity (Wildman–Crippen MR) is 222 cm³/mol. The number of nitrogens with one attached hydrogen (secondary N) is 2. The zero-order chi connectivity index (χ0) is 53.9. The van der Waals surface area contributed by atoms with Gasteiger partial charge in [0.2, 0.25) is 11.8 Å². The van der Waals surface area contributed by atoms with Crippen LogP contribution in [0.15, 0.2) is 0 Å². The average molecular weight is 1070 g/mol. The molecule has 0 aromatic rings. The van der Waals surface area contributed by atoms with Gasteiger partial charge in [0.05, 0.1) is 39.6 Å². The van der Waals surface area contributed by atoms with Gasteiger partial charge in [0.15, 0.2) is 37.7 Å². The molecular weight excluding hydrogens is 1000 g/mol. The van der Waals surface area contributed by atoms with Gasteiger partial charge >= 0.3 is 0 Å². The monoisotopic (exact) mass is 1070 g/mol. The molecule has 6 heterocycles. The molecule has 6 aliphatic heterocycles. The lowest BCUT2D eigenvalue weighted by Gasteiger charge is -2.50. The third-order valence-corrected chi connectivity index (χ3v) is 13.2. The SMILES string of the molecule is CC(=O)N[C@H]1[C@H](OC[C@H]2O[C@@H](O[C@H]3[C@H](O)[C@@H](O)C(O)O[C@@H]3CO)[C@H](O)[C@@H](O[C@@H]3O[C@H](CO)[C@@H](O[C@@H]4O[C@H](CO)[C@H](O)[C@H](O)[C@H]4O)[C@H](O)[C@H]3NC(C)=O)[C@H]2O)O[C@H](CO)[C@@H](O[C@@H]2O[C@H](CO)[C@H](O)[C@H](O)[C@H]2O)[C@@H]1O. The summed E-state index contributed by atoms with van der Waals surface area (Å²) in [4.78, 5) is 25.1. The molecule has 6 aliphatic rings. The van der Waals surface area contributed by atoms with Gasteiger partial charge in [0, 0.05) is 13.8 Å². The Morgan fingerprint density at radius 3 is 1.15 bits per heavy atom. The molecule has 0 aromatic carbocycles. The topological polar surface area (TPSA) is 524 Å². The van der Waals surface area contributed by atoms with Crippen molar-refractivity contribution in [1.82, 2.24) is 10.6 Å². The molecule has 1 unspecified atom stereocenters. The Balaban J connectivity index is 1.27. The predicted octanol–water partition coefficient (Wildman–Crippen LogP) is -13.8. The Morgan fingerprint density at radius 2 is 0.712 bits per heavy atom. The van der Waals surface area contributed by atoms with Crippen LogP contribution in [0.4, 0.5) is 0 Å². The first-order valence-corrected chi connectivity index (χ1v) is 23.1. The van der Waals surface area contributed by atoms with E-state index >= 15 is 0 Å². The fourth-order valence-electron chi connectivity index (χ4n) is 9.22. The number of ether oxygens (including phenoxy) is 11. The summed E-state index contributed by atoms with van der Waals surface area (Å²) in [6.07, 6.45) is -53.0. The highest BCUT2D eigenvalue weighted by Gasteiger charge is 2.57. The van der Waals surface area contributed by atoms with E-state index in [1.165, 1.54) is 0 Å². The highest BCUT2D eigenvalue weighted by atomic mass is 16.8. The standard InChI is InChI=1S/C40H68N2O31/c1-9(48)41-17-22(53)31(70-38-28(59)24(55)19(50)11(3-43)65-38)14(6-46)67-36(17)63-8-16-21(52)34(30(61)40(69-16)72-33-13(5-45)64-35(62)27(58)26(33)57)73-37-18(42-10(2)49)23(54)32(15(7-47)68-37)71-39-29(60)25(56)20(51)12(4-44)66-39/h11-40,43-47,50-62H,3-8H2,1-2H3,(H,41,48)(H,42,49)/t11-,12-,13-,14-,15-,16-,17-,18-,19+,20+,21+,22-,23-,24+,25+,26-,27-,28-,29-,30-,31-,32-,33-,34+,35?,36-,37+,38+,39+,40+/m1/s1. The van der Waals surface area contributed by atoms with E-state index < -0.39 is 236 Å². The molecular formula is C40H68N2O31. The number of hydrogen-bond donors (Lipinski definition) is 20. The van der Waals surface area contributed by atoms with Crippen LogP contribution in [0, 0.1) is 0 Å². The van der Waals surface area contributed by atoms with E-state index in [4.69, 9.17) is 52.1 Å². The van der Waals surface area contributed by atoms with E-state index in [9.17, 15) is 102 Å². The van der Waals surface area contributed by atoms with Crippen LogP contribution in [0.5, 0.6) is 0 Å². The molecule has 0 radical (unpaired) electrons. The molecule has 0 aliphatic carbocycles. The second-order valence-corrected chi connectivity index (χ2v) is 18.3. The summed E-state index contributed by atoms with van der Waals surface area (Å²) in [7, 11) is 0. The Kier molecular flexibility index (Phi) is 21.3. The molecule has 424 valence electrons. The summed E-state index contributed by atoms with van der Waals surface area (Å²) in [6, 6.07) is -3.46. The van der Waals surface area contributed by atoms with Crippen molar-refractivity contribution in [3.8, 4) is 0 Å². The summed E-state index contributed by atoms with van der Waals surface area (Å²) >= 11 is 0. The maximum Gasteiger partial charge on any atom is 0.217 e. The quantitative estimate of drug-likeness (QED) is 0.0606. The lowest BCUT2D eigenvalue weighted by Crippen LogP contribution is -2.70. The molecule has 0 saturated carbocycles. The summed E-state index contributed by atoms with van der Waals surface area (Å²) < 4.78 is 62.7. The van der Waals surface area contributed by atoms with Crippen LogP contribution in [0.1, 0.15) is 13.8 Å². The summed E-state index contributed by atoms with van der Waals surface area (Å²) in [5.74, 6) is -1.66. The van der Waals surface area contributed by atoms with Crippen molar-refractivity contribution >= 4 is 11.8 Å². The Labute approximate surface area is 413 Å². The van der Waals surface area contributed by atoms with Crippen molar-refractivity contribution in [2.45, 2.75) is 198 Å². The van der Waals surface area contributed by atoms with Crippen molar-refractivity contribution in [3.05, 3.63) is 0 Å². The van der Waals surface area contributed by atoms with E-state index in [2.05, 4.69) is 10.6 Å². The third-order valence-electron chi connectivity index (χ3n) is 13.2. The molecule has 20 N–H and O–H groups in total. The van der Waals surface area contributed by atoms with Crippen molar-refractivity contribution in [1.29, 1.82) is 0 Å². The number of hydrogen-bond acceptors (Lipinski definition) is 31. The normalized spacial score (nSPS) is 49.8. The fourth-order valence-corrected chi connectivity index (χ4v) is 9.22. The Hall–Kier alpha value is -2.22. The molecule has 33 nitrogen and oxygen atoms in total. The van der Waals surface area contributed by atoms with Crippen LogP contribution in [0.25, 0.3) is 0 Å². The van der Waals surface area contributed by atoms with Crippen LogP contribution < -0.4 is 10.6 Å². The highest BCUT2D eigenvalue weighted by molar-refractivity contribution is 5.73. The minimum absolute atomic E-state index is 0.807. The molecule has 30 atom stereocenters. The number of amides is 2. The maximum absolute atomic E-state index is 12.6. The molecule has 2 amide bonds. The minimum Gasteiger partial charge on any atom is -0.394 e. The molecule has 0 spiro atoms. The van der Waals surface area contributed by atoms with Gasteiger partial charge in [0.1, 0.15) is 146 Å². The van der Waals surface area contributed by atoms with Crippen molar-refractivity contribution in [2.24, 2.45) is 0 Å². The lowest BCUT2D eigenvalue weighted by atomic mass is 9.94. The van der Waals surface area contributed by atoms with Crippen LogP contribution in [0.3, 0.4) is 0 Å². The first-order chi connectivity index (χ1) is 34.5. The molecule has 6 saturated heterocycles. The molecule has 6 fully saturated rings. The van der Waals surface area contributed by atoms with Gasteiger partial charge in [-0.1, -0.05) is 0 Å². The fraction of sp³-hybridized carbons (Fsp3) is 0.950. The summed E-state index contributed by atoms with van der Waals surface area (Å²) in [6.45, 7) is -3.61. The van der Waals surface area contributed by atoms with E-state index in [0.717, 1.165) is 13.8 Å². The molecule has 0 bridgehead atoms. The van der Waals surface area contributed by atoms with Crippen molar-refractivity contribution in [3.63, 3.8) is 0 Å². The van der Waals surface area contributed by atoms with E-state index in [-0.39, 0.29) is 0 Å². The highest BCUT2D eigenvalue weighted by Crippen LogP contribution is 2.36. The largest absolute Gasteiger partial charge is 0.394 e. The zero-order valence-corrected chi connectivity index (χ0v) is 38.9. The number of rotatable bonds is 18. The van der Waals surface area contributed by atoms with Gasteiger partial charge in [0.25, 0.3) is 0 Å². The summed E-state index contributed by atoms with van der Waals surface area (Å²) in [5.41, 5.74) is 0. The van der Waals surface area contributed by atoms with Crippen molar-refractivity contribution < 1.29 is 154 Å². The maximum atomic E-state index is 12.6. The van der Waals surface area contributed by atoms with Crippen LogP contribution in [0.2, 0.25) is 0 Å². The smallest absolute Gasteiger partial charge is 0.217 e. The van der Waals surface area contributed by atoms with Crippen LogP contribution >= 0.6 is 0 Å². The minimum atomic E-state index is -2.25. The van der Waals surface area contributed by atoms with Gasteiger partial charge in [-0.25, -0.2) is 0 Å². The van der Waals surface area contributed by atoms with Crippen LogP contribution in [-0.4, -0.2) is 327 Å². The van der Waals surface area contributed by atoms with Crippen LogP contribution in [-0.2, 0) is 61.7 Å². The second-order valence-electron chi connectivity index (χ2n) is 18.3. The second kappa shape index (κ2) is 26.0. The number of carbonyl (C=O) groups is 2. The van der Waals surface area contributed by atoms with Gasteiger partial charge in [-0.2, -0.15) is 0 Å². The first-order valence-electron chi connectivity index (χ1n) is 23.1. The molecule has 33 heteroatoms. The molecule has 73 heavy (non-hydrogen) atoms. The van der Waals surface area contributed by atoms with E-state index in [1.807, 2.05) is 0 Å². The number of aliphatic hydroxyl groups excluding tert-OH is 18. The number of carbonyl (C=O) groups excluding carboxylic acids is 2. The van der Waals surface area contributed by atoms with Gasteiger partial charge in [-0.15, -0.1) is 0 Å². The Bertz CT molecular complexity index is 1740. The Morgan fingerprint density at radius 1 is 0.356 bits per heavy atom. The van der Waals surface area contributed by atoms with Gasteiger partial charge in [-0.05, 0) is 0 Å². The third kappa shape index (κ3) is 13.0. The summed E-state index contributed by atoms with van der Waals surface area (Å²) in [5, 5.41) is 196. The first kappa shape index (κ1) is 60.0. The van der Waals surface area contributed by atoms with E-state index in [1.54, 1.807) is 0 Å².